The molecular formula is C36H74N2O2. The highest BCUT2D eigenvalue weighted by atomic mass is 16.6. The Kier molecular flexibility index (Phi) is 30.6. The van der Waals surface area contributed by atoms with Crippen LogP contribution in [-0.2, 0) is 4.74 Å². The lowest BCUT2D eigenvalue weighted by atomic mass is 9.89. The molecule has 240 valence electrons. The summed E-state index contributed by atoms with van der Waals surface area (Å²) in [6.07, 6.45) is 35.4. The normalized spacial score (nSPS) is 11.6. The van der Waals surface area contributed by atoms with Gasteiger partial charge in [0.1, 0.15) is 0 Å². The Morgan fingerprint density at radius 2 is 0.875 bits per heavy atom. The molecule has 0 fully saturated rings. The van der Waals surface area contributed by atoms with Crippen molar-refractivity contribution < 1.29 is 9.53 Å². The fourth-order valence-corrected chi connectivity index (χ4v) is 5.77. The highest BCUT2D eigenvalue weighted by Gasteiger charge is 2.10. The maximum absolute atomic E-state index is 12.1. The maximum Gasteiger partial charge on any atom is 0.409 e. The summed E-state index contributed by atoms with van der Waals surface area (Å²) in [5.74, 6) is 0.953. The van der Waals surface area contributed by atoms with Crippen molar-refractivity contribution in [3.63, 3.8) is 0 Å². The van der Waals surface area contributed by atoms with E-state index in [9.17, 15) is 4.79 Å². The van der Waals surface area contributed by atoms with Gasteiger partial charge in [-0.05, 0) is 45.8 Å². The Morgan fingerprint density at radius 1 is 0.500 bits per heavy atom. The Morgan fingerprint density at radius 3 is 1.30 bits per heavy atom. The molecule has 0 aliphatic heterocycles. The van der Waals surface area contributed by atoms with Gasteiger partial charge in [-0.3, -0.25) is 0 Å². The second-order valence-corrected chi connectivity index (χ2v) is 13.0. The topological polar surface area (TPSA) is 32.8 Å². The van der Waals surface area contributed by atoms with Gasteiger partial charge in [0.25, 0.3) is 0 Å². The molecule has 1 amide bonds. The summed E-state index contributed by atoms with van der Waals surface area (Å²) in [4.78, 5) is 16.1. The van der Waals surface area contributed by atoms with Gasteiger partial charge in [-0.15, -0.1) is 0 Å². The number of rotatable bonds is 31. The third-order valence-electron chi connectivity index (χ3n) is 8.57. The SMILES string of the molecule is CCCCCCCCCCC(CCCCCCCCCC)CCCCCCCOC(=O)N(C)CCCCN(C)C. The van der Waals surface area contributed by atoms with Crippen LogP contribution in [0.5, 0.6) is 0 Å². The molecule has 0 atom stereocenters. The first-order chi connectivity index (χ1) is 19.5. The van der Waals surface area contributed by atoms with Gasteiger partial charge in [0.05, 0.1) is 6.61 Å². The maximum atomic E-state index is 12.1. The van der Waals surface area contributed by atoms with Crippen LogP contribution >= 0.6 is 0 Å². The second-order valence-electron chi connectivity index (χ2n) is 13.0. The Balaban J connectivity index is 3.96. The first-order valence-corrected chi connectivity index (χ1v) is 18.0. The molecule has 0 radical (unpaired) electrons. The van der Waals surface area contributed by atoms with Crippen LogP contribution in [0.3, 0.4) is 0 Å². The minimum Gasteiger partial charge on any atom is -0.449 e. The standard InChI is InChI=1S/C36H74N2O2/c1-6-8-10-12-14-16-19-23-29-35(30-24-20-17-15-13-11-9-7-2)31-25-21-18-22-28-34-40-36(39)38(5)33-27-26-32-37(3)4/h35H,6-34H2,1-5H3. The number of hydrogen-bond donors (Lipinski definition) is 0. The Hall–Kier alpha value is -0.770. The molecule has 0 N–H and O–H groups in total. The van der Waals surface area contributed by atoms with Crippen LogP contribution in [-0.4, -0.2) is 56.7 Å². The van der Waals surface area contributed by atoms with E-state index in [2.05, 4.69) is 32.8 Å². The summed E-state index contributed by atoms with van der Waals surface area (Å²) in [5, 5.41) is 0. The van der Waals surface area contributed by atoms with Gasteiger partial charge in [0, 0.05) is 13.6 Å². The Bertz CT molecular complexity index is 491. The van der Waals surface area contributed by atoms with Gasteiger partial charge >= 0.3 is 6.09 Å². The predicted molar refractivity (Wildman–Crippen MR) is 177 cm³/mol. The number of nitrogens with zero attached hydrogens (tertiary/aromatic N) is 2. The number of unbranched alkanes of at least 4 members (excludes halogenated alkanes) is 19. The summed E-state index contributed by atoms with van der Waals surface area (Å²) >= 11 is 0. The van der Waals surface area contributed by atoms with Gasteiger partial charge in [-0.1, -0.05) is 162 Å². The zero-order valence-electron chi connectivity index (χ0n) is 28.3. The van der Waals surface area contributed by atoms with E-state index in [0.717, 1.165) is 38.3 Å². The zero-order valence-corrected chi connectivity index (χ0v) is 28.3. The number of amides is 1. The van der Waals surface area contributed by atoms with Gasteiger partial charge < -0.3 is 14.5 Å². The van der Waals surface area contributed by atoms with Gasteiger partial charge in [-0.2, -0.15) is 0 Å². The van der Waals surface area contributed by atoms with Crippen molar-refractivity contribution in [3.8, 4) is 0 Å². The first-order valence-electron chi connectivity index (χ1n) is 18.0. The summed E-state index contributed by atoms with van der Waals surface area (Å²) in [6.45, 7) is 7.03. The van der Waals surface area contributed by atoms with Crippen molar-refractivity contribution in [2.75, 3.05) is 40.8 Å². The minimum absolute atomic E-state index is 0.158. The molecule has 0 rings (SSSR count). The van der Waals surface area contributed by atoms with Crippen LogP contribution in [0.1, 0.15) is 181 Å². The number of carbonyl (C=O) groups is 1. The van der Waals surface area contributed by atoms with E-state index < -0.39 is 0 Å². The molecular weight excluding hydrogens is 492 g/mol. The molecule has 0 heterocycles. The minimum atomic E-state index is -0.158. The molecule has 0 aliphatic carbocycles. The monoisotopic (exact) mass is 567 g/mol. The average Bonchev–Trinajstić information content (AvgIpc) is 2.94. The first kappa shape index (κ1) is 39.2. The summed E-state index contributed by atoms with van der Waals surface area (Å²) in [5.41, 5.74) is 0. The number of ether oxygens (including phenoxy) is 1. The Labute approximate surface area is 252 Å². The van der Waals surface area contributed by atoms with Gasteiger partial charge in [0.15, 0.2) is 0 Å². The largest absolute Gasteiger partial charge is 0.449 e. The molecule has 0 unspecified atom stereocenters. The fraction of sp³-hybridized carbons (Fsp3) is 0.972. The van der Waals surface area contributed by atoms with Gasteiger partial charge in [0.2, 0.25) is 0 Å². The van der Waals surface area contributed by atoms with E-state index in [-0.39, 0.29) is 6.09 Å². The van der Waals surface area contributed by atoms with E-state index in [1.807, 2.05) is 7.05 Å². The quantitative estimate of drug-likeness (QED) is 0.0782. The molecule has 0 saturated heterocycles. The molecule has 0 bridgehead atoms. The molecule has 0 aliphatic rings. The molecule has 0 spiro atoms. The third kappa shape index (κ3) is 28.7. The summed E-state index contributed by atoms with van der Waals surface area (Å²) in [7, 11) is 6.04. The smallest absolute Gasteiger partial charge is 0.409 e. The van der Waals surface area contributed by atoms with Crippen LogP contribution in [0.2, 0.25) is 0 Å². The van der Waals surface area contributed by atoms with Crippen molar-refractivity contribution in [1.29, 1.82) is 0 Å². The summed E-state index contributed by atoms with van der Waals surface area (Å²) in [6, 6.07) is 0. The molecule has 0 aromatic carbocycles. The van der Waals surface area contributed by atoms with Crippen LogP contribution in [0, 0.1) is 5.92 Å². The predicted octanol–water partition coefficient (Wildman–Crippen LogP) is 11.4. The van der Waals surface area contributed by atoms with E-state index in [0.29, 0.717) is 6.61 Å². The molecule has 0 saturated carbocycles. The summed E-state index contributed by atoms with van der Waals surface area (Å²) < 4.78 is 5.49. The van der Waals surface area contributed by atoms with Crippen LogP contribution in [0.25, 0.3) is 0 Å². The molecule has 4 heteroatoms. The van der Waals surface area contributed by atoms with Crippen LogP contribution in [0.15, 0.2) is 0 Å². The average molecular weight is 567 g/mol. The lowest BCUT2D eigenvalue weighted by Gasteiger charge is -2.18. The molecule has 4 nitrogen and oxygen atoms in total. The van der Waals surface area contributed by atoms with Gasteiger partial charge in [-0.25, -0.2) is 4.79 Å². The van der Waals surface area contributed by atoms with E-state index in [1.165, 1.54) is 148 Å². The van der Waals surface area contributed by atoms with Crippen LogP contribution < -0.4 is 0 Å². The highest BCUT2D eigenvalue weighted by molar-refractivity contribution is 5.67. The number of hydrogen-bond acceptors (Lipinski definition) is 3. The van der Waals surface area contributed by atoms with E-state index in [4.69, 9.17) is 4.74 Å². The lowest BCUT2D eigenvalue weighted by Crippen LogP contribution is -2.29. The lowest BCUT2D eigenvalue weighted by molar-refractivity contribution is 0.108. The van der Waals surface area contributed by atoms with Crippen molar-refractivity contribution >= 4 is 6.09 Å². The molecule has 40 heavy (non-hydrogen) atoms. The van der Waals surface area contributed by atoms with E-state index >= 15 is 0 Å². The second kappa shape index (κ2) is 31.2. The van der Waals surface area contributed by atoms with Crippen molar-refractivity contribution in [1.82, 2.24) is 9.80 Å². The third-order valence-corrected chi connectivity index (χ3v) is 8.57. The number of carbonyl (C=O) groups excluding carboxylic acids is 1. The van der Waals surface area contributed by atoms with Crippen molar-refractivity contribution in [2.45, 2.75) is 181 Å². The highest BCUT2D eigenvalue weighted by Crippen LogP contribution is 2.25. The van der Waals surface area contributed by atoms with E-state index in [1.54, 1.807) is 4.90 Å². The van der Waals surface area contributed by atoms with Crippen LogP contribution in [0.4, 0.5) is 4.79 Å². The van der Waals surface area contributed by atoms with Crippen molar-refractivity contribution in [2.24, 2.45) is 5.92 Å². The molecule has 0 aromatic rings. The zero-order chi connectivity index (χ0) is 29.5. The van der Waals surface area contributed by atoms with Crippen molar-refractivity contribution in [3.05, 3.63) is 0 Å². The fourth-order valence-electron chi connectivity index (χ4n) is 5.77. The molecule has 0 aromatic heterocycles.